The monoisotopic (exact) mass is 496 g/mol. The van der Waals surface area contributed by atoms with E-state index in [2.05, 4.69) is 25.1 Å². The minimum Gasteiger partial charge on any atom is -0.472 e. The first-order valence-electron chi connectivity index (χ1n) is 9.46. The summed E-state index contributed by atoms with van der Waals surface area (Å²) in [5, 5.41) is 20.9. The standard InChI is InChI=1S/C18H15Cl2FN8O4/c1-10-13(29(30)31)17(26-28(10)12-4-2-5-22-16(12)33-9-21)32-7-3-6-27-15-11(14(19)25-27)8-23-18(20)24-15/h2,4-5,8H,3,6-7,9H2,1H3. The number of fused-ring (bicyclic) bond motifs is 1. The third-order valence-corrected chi connectivity index (χ3v) is 5.04. The van der Waals surface area contributed by atoms with Gasteiger partial charge in [0.05, 0.1) is 16.9 Å². The van der Waals surface area contributed by atoms with E-state index in [1.165, 1.54) is 24.0 Å². The Bertz CT molecular complexity index is 1330. The molecule has 0 atom stereocenters. The number of aryl methyl sites for hydroxylation is 1. The summed E-state index contributed by atoms with van der Waals surface area (Å²) in [4.78, 5) is 23.0. The molecule has 0 aliphatic rings. The van der Waals surface area contributed by atoms with E-state index in [-0.39, 0.29) is 45.9 Å². The lowest BCUT2D eigenvalue weighted by Gasteiger charge is -2.08. The lowest BCUT2D eigenvalue weighted by atomic mass is 10.3. The van der Waals surface area contributed by atoms with Crippen LogP contribution in [0, 0.1) is 17.0 Å². The molecule has 0 aromatic carbocycles. The van der Waals surface area contributed by atoms with Gasteiger partial charge in [-0.05, 0) is 30.7 Å². The Morgan fingerprint density at radius 2 is 2.03 bits per heavy atom. The molecule has 172 valence electrons. The first kappa shape index (κ1) is 22.6. The SMILES string of the molecule is Cc1c([N+](=O)[O-])c(OCCCn2nc(Cl)c3cnc(Cl)nc32)nn1-c1cccnc1OCF. The van der Waals surface area contributed by atoms with Crippen molar-refractivity contribution in [3.63, 3.8) is 0 Å². The summed E-state index contributed by atoms with van der Waals surface area (Å²) < 4.78 is 25.9. The van der Waals surface area contributed by atoms with Crippen molar-refractivity contribution < 1.29 is 18.8 Å². The van der Waals surface area contributed by atoms with Crippen LogP contribution in [0.25, 0.3) is 16.7 Å². The minimum atomic E-state index is -1.11. The van der Waals surface area contributed by atoms with Gasteiger partial charge >= 0.3 is 11.6 Å². The van der Waals surface area contributed by atoms with Crippen LogP contribution in [0.5, 0.6) is 11.8 Å². The predicted molar refractivity (Wildman–Crippen MR) is 115 cm³/mol. The lowest BCUT2D eigenvalue weighted by molar-refractivity contribution is -0.386. The van der Waals surface area contributed by atoms with Crippen LogP contribution in [0.2, 0.25) is 10.4 Å². The number of halogens is 3. The molecule has 0 radical (unpaired) electrons. The Kier molecular flexibility index (Phi) is 6.51. The fraction of sp³-hybridized carbons (Fsp3) is 0.278. The molecule has 0 unspecified atom stereocenters. The number of ether oxygens (including phenoxy) is 2. The zero-order chi connectivity index (χ0) is 23.5. The second-order valence-corrected chi connectivity index (χ2v) is 7.28. The number of pyridine rings is 1. The highest BCUT2D eigenvalue weighted by molar-refractivity contribution is 6.34. The van der Waals surface area contributed by atoms with Crippen LogP contribution < -0.4 is 9.47 Å². The van der Waals surface area contributed by atoms with Crippen molar-refractivity contribution in [3.05, 3.63) is 50.8 Å². The van der Waals surface area contributed by atoms with E-state index < -0.39 is 11.8 Å². The highest BCUT2D eigenvalue weighted by Gasteiger charge is 2.28. The first-order chi connectivity index (χ1) is 15.9. The topological polar surface area (TPSA) is 136 Å². The first-order valence-corrected chi connectivity index (χ1v) is 10.2. The van der Waals surface area contributed by atoms with Gasteiger partial charge in [-0.3, -0.25) is 10.1 Å². The molecule has 0 amide bonds. The van der Waals surface area contributed by atoms with Crippen LogP contribution in [0.4, 0.5) is 10.1 Å². The average molecular weight is 497 g/mol. The molecular weight excluding hydrogens is 482 g/mol. The van der Waals surface area contributed by atoms with Gasteiger partial charge in [-0.1, -0.05) is 11.6 Å². The summed E-state index contributed by atoms with van der Waals surface area (Å²) in [6.07, 6.45) is 3.29. The smallest absolute Gasteiger partial charge is 0.353 e. The molecular formula is C18H15Cl2FN8O4. The minimum absolute atomic E-state index is 0.0553. The van der Waals surface area contributed by atoms with E-state index in [1.54, 1.807) is 16.8 Å². The summed E-state index contributed by atoms with van der Waals surface area (Å²) >= 11 is 11.9. The van der Waals surface area contributed by atoms with Crippen molar-refractivity contribution in [1.82, 2.24) is 34.5 Å². The molecule has 4 heterocycles. The van der Waals surface area contributed by atoms with Gasteiger partial charge in [-0.2, -0.15) is 10.1 Å². The number of alkyl halides is 1. The Labute approximate surface area is 195 Å². The highest BCUT2D eigenvalue weighted by Crippen LogP contribution is 2.33. The van der Waals surface area contributed by atoms with Gasteiger partial charge < -0.3 is 9.47 Å². The summed E-state index contributed by atoms with van der Waals surface area (Å²) in [6.45, 7) is 0.806. The molecule has 33 heavy (non-hydrogen) atoms. The number of hydrogen-bond acceptors (Lipinski definition) is 9. The number of nitrogens with zero attached hydrogens (tertiary/aromatic N) is 8. The molecule has 15 heteroatoms. The maximum atomic E-state index is 12.7. The molecule has 0 bridgehead atoms. The van der Waals surface area contributed by atoms with E-state index in [1.807, 2.05) is 0 Å². The summed E-state index contributed by atoms with van der Waals surface area (Å²) in [5.41, 5.74) is 0.544. The highest BCUT2D eigenvalue weighted by atomic mass is 35.5. The maximum absolute atomic E-state index is 12.7. The molecule has 0 aliphatic heterocycles. The van der Waals surface area contributed by atoms with Gasteiger partial charge in [0, 0.05) is 25.4 Å². The lowest BCUT2D eigenvalue weighted by Crippen LogP contribution is -2.08. The Morgan fingerprint density at radius 3 is 2.79 bits per heavy atom. The van der Waals surface area contributed by atoms with E-state index in [0.717, 1.165) is 0 Å². The third kappa shape index (κ3) is 4.50. The molecule has 12 nitrogen and oxygen atoms in total. The van der Waals surface area contributed by atoms with Crippen molar-refractivity contribution in [2.75, 3.05) is 13.5 Å². The maximum Gasteiger partial charge on any atom is 0.353 e. The number of hydrogen-bond donors (Lipinski definition) is 0. The van der Waals surface area contributed by atoms with Crippen LogP contribution >= 0.6 is 23.2 Å². The molecule has 0 spiro atoms. The van der Waals surface area contributed by atoms with Gasteiger partial charge in [0.25, 0.3) is 0 Å². The number of aromatic nitrogens is 7. The van der Waals surface area contributed by atoms with Gasteiger partial charge in [0.2, 0.25) is 18.0 Å². The van der Waals surface area contributed by atoms with Crippen molar-refractivity contribution in [3.8, 4) is 17.4 Å². The van der Waals surface area contributed by atoms with Crippen molar-refractivity contribution in [2.24, 2.45) is 0 Å². The van der Waals surface area contributed by atoms with Gasteiger partial charge in [0.15, 0.2) is 10.8 Å². The number of rotatable bonds is 9. The van der Waals surface area contributed by atoms with Crippen molar-refractivity contribution >= 4 is 39.9 Å². The second kappa shape index (κ2) is 9.50. The molecule has 0 saturated heterocycles. The van der Waals surface area contributed by atoms with Crippen LogP contribution in [0.3, 0.4) is 0 Å². The Morgan fingerprint density at radius 1 is 1.21 bits per heavy atom. The number of nitro groups is 1. The van der Waals surface area contributed by atoms with E-state index >= 15 is 0 Å². The normalized spacial score (nSPS) is 11.2. The molecule has 0 N–H and O–H groups in total. The zero-order valence-electron chi connectivity index (χ0n) is 17.0. The fourth-order valence-electron chi connectivity index (χ4n) is 3.16. The van der Waals surface area contributed by atoms with Crippen LogP contribution in [0.1, 0.15) is 12.1 Å². The Balaban J connectivity index is 1.53. The van der Waals surface area contributed by atoms with Gasteiger partial charge in [-0.15, -0.1) is 5.10 Å². The second-order valence-electron chi connectivity index (χ2n) is 6.58. The molecule has 4 aromatic heterocycles. The largest absolute Gasteiger partial charge is 0.472 e. The van der Waals surface area contributed by atoms with E-state index in [4.69, 9.17) is 32.7 Å². The van der Waals surface area contributed by atoms with Crippen molar-refractivity contribution in [1.29, 1.82) is 0 Å². The predicted octanol–water partition coefficient (Wildman–Crippen LogP) is 3.71. The molecule has 0 aliphatic carbocycles. The van der Waals surface area contributed by atoms with Gasteiger partial charge in [-0.25, -0.2) is 23.7 Å². The molecule has 0 fully saturated rings. The van der Waals surface area contributed by atoms with E-state index in [0.29, 0.717) is 24.0 Å². The summed E-state index contributed by atoms with van der Waals surface area (Å²) in [6, 6.07) is 3.12. The van der Waals surface area contributed by atoms with Crippen LogP contribution in [-0.2, 0) is 6.54 Å². The van der Waals surface area contributed by atoms with Crippen LogP contribution in [-0.4, -0.2) is 52.9 Å². The molecule has 4 rings (SSSR count). The quantitative estimate of drug-likeness (QED) is 0.147. The zero-order valence-corrected chi connectivity index (χ0v) is 18.5. The van der Waals surface area contributed by atoms with E-state index in [9.17, 15) is 14.5 Å². The van der Waals surface area contributed by atoms with Gasteiger partial charge in [0.1, 0.15) is 11.4 Å². The Hall–Kier alpha value is -3.58. The molecule has 0 saturated carbocycles. The summed E-state index contributed by atoms with van der Waals surface area (Å²) in [5.74, 6) is -0.253. The third-order valence-electron chi connectivity index (χ3n) is 4.57. The fourth-order valence-corrected chi connectivity index (χ4v) is 3.51. The average Bonchev–Trinajstić information content (AvgIpc) is 3.28. The summed E-state index contributed by atoms with van der Waals surface area (Å²) in [7, 11) is 0. The van der Waals surface area contributed by atoms with Crippen molar-refractivity contribution in [2.45, 2.75) is 19.9 Å². The molecule has 4 aromatic rings. The van der Waals surface area contributed by atoms with Crippen LogP contribution in [0.15, 0.2) is 24.5 Å².